The fourth-order valence-corrected chi connectivity index (χ4v) is 2.87. The summed E-state index contributed by atoms with van der Waals surface area (Å²) in [5.74, 6) is 0. The lowest BCUT2D eigenvalue weighted by atomic mass is 10.3. The van der Waals surface area contributed by atoms with Crippen molar-refractivity contribution in [1.82, 2.24) is 14.9 Å². The van der Waals surface area contributed by atoms with E-state index in [0.717, 1.165) is 30.2 Å². The number of thiazole rings is 1. The number of aliphatic hydroxyl groups excluding tert-OH is 1. The minimum atomic E-state index is 0.200. The first-order valence-corrected chi connectivity index (χ1v) is 7.34. The highest BCUT2D eigenvalue weighted by molar-refractivity contribution is 7.14. The van der Waals surface area contributed by atoms with Crippen LogP contribution in [0.15, 0.2) is 30.6 Å². The summed E-state index contributed by atoms with van der Waals surface area (Å²) in [6.45, 7) is 4.91. The van der Waals surface area contributed by atoms with Gasteiger partial charge in [-0.25, -0.2) is 4.98 Å². The molecule has 0 radical (unpaired) electrons. The van der Waals surface area contributed by atoms with Gasteiger partial charge < -0.3 is 5.11 Å². The summed E-state index contributed by atoms with van der Waals surface area (Å²) in [6, 6.07) is 5.85. The van der Waals surface area contributed by atoms with E-state index < -0.39 is 0 Å². The molecule has 1 N–H and O–H groups in total. The van der Waals surface area contributed by atoms with Gasteiger partial charge in [-0.1, -0.05) is 13.0 Å². The topological polar surface area (TPSA) is 49.2 Å². The molecule has 4 nitrogen and oxygen atoms in total. The normalized spacial score (nSPS) is 11.1. The van der Waals surface area contributed by atoms with Crippen molar-refractivity contribution in [2.45, 2.75) is 19.9 Å². The molecule has 0 unspecified atom stereocenters. The zero-order chi connectivity index (χ0) is 13.5. The van der Waals surface area contributed by atoms with Crippen LogP contribution in [0.1, 0.15) is 18.2 Å². The predicted octanol–water partition coefficient (Wildman–Crippen LogP) is 2.41. The molecule has 0 amide bonds. The molecule has 2 aromatic rings. The summed E-state index contributed by atoms with van der Waals surface area (Å²) in [5, 5.41) is 10.0. The van der Waals surface area contributed by atoms with Gasteiger partial charge in [-0.15, -0.1) is 11.3 Å². The molecule has 0 bridgehead atoms. The molecule has 0 spiro atoms. The largest absolute Gasteiger partial charge is 0.395 e. The second-order valence-electron chi connectivity index (χ2n) is 4.35. The predicted molar refractivity (Wildman–Crippen MR) is 78.0 cm³/mol. The Morgan fingerprint density at radius 3 is 2.84 bits per heavy atom. The van der Waals surface area contributed by atoms with Gasteiger partial charge in [0, 0.05) is 30.4 Å². The molecular weight excluding hydrogens is 258 g/mol. The SMILES string of the molecule is CCCN(CCO)Cc1cnc(-c2ccccn2)s1. The molecule has 0 saturated carbocycles. The minimum absolute atomic E-state index is 0.200. The summed E-state index contributed by atoms with van der Waals surface area (Å²) in [5.41, 5.74) is 0.919. The van der Waals surface area contributed by atoms with Crippen LogP contribution in [0.5, 0.6) is 0 Å². The van der Waals surface area contributed by atoms with Crippen LogP contribution in [0.4, 0.5) is 0 Å². The summed E-state index contributed by atoms with van der Waals surface area (Å²) in [7, 11) is 0. The number of hydrogen-bond donors (Lipinski definition) is 1. The van der Waals surface area contributed by atoms with Crippen molar-refractivity contribution in [2.24, 2.45) is 0 Å². The molecule has 0 atom stereocenters. The second kappa shape index (κ2) is 7.33. The molecular formula is C14H19N3OS. The maximum Gasteiger partial charge on any atom is 0.142 e. The summed E-state index contributed by atoms with van der Waals surface area (Å²) >= 11 is 1.67. The van der Waals surface area contributed by atoms with E-state index in [2.05, 4.69) is 21.8 Å². The molecule has 0 aliphatic carbocycles. The zero-order valence-corrected chi connectivity index (χ0v) is 11.9. The number of hydrogen-bond acceptors (Lipinski definition) is 5. The summed E-state index contributed by atoms with van der Waals surface area (Å²) in [6.07, 6.45) is 4.78. The lowest BCUT2D eigenvalue weighted by Gasteiger charge is -2.19. The number of pyridine rings is 1. The van der Waals surface area contributed by atoms with E-state index in [1.165, 1.54) is 4.88 Å². The standard InChI is InChI=1S/C14H19N3OS/c1-2-7-17(8-9-18)11-12-10-16-14(19-12)13-5-3-4-6-15-13/h3-6,10,18H,2,7-9,11H2,1H3. The van der Waals surface area contributed by atoms with Crippen LogP contribution in [-0.2, 0) is 6.54 Å². The maximum absolute atomic E-state index is 9.06. The van der Waals surface area contributed by atoms with Gasteiger partial charge in [0.15, 0.2) is 0 Å². The molecule has 2 heterocycles. The Kier molecular flexibility index (Phi) is 5.44. The fraction of sp³-hybridized carbons (Fsp3) is 0.429. The van der Waals surface area contributed by atoms with Crippen molar-refractivity contribution >= 4 is 11.3 Å². The quantitative estimate of drug-likeness (QED) is 0.844. The van der Waals surface area contributed by atoms with Crippen molar-refractivity contribution in [1.29, 1.82) is 0 Å². The molecule has 0 saturated heterocycles. The first-order valence-electron chi connectivity index (χ1n) is 6.52. The van der Waals surface area contributed by atoms with E-state index in [1.54, 1.807) is 17.5 Å². The van der Waals surface area contributed by atoms with E-state index in [9.17, 15) is 0 Å². The Bertz CT molecular complexity index is 480. The van der Waals surface area contributed by atoms with Gasteiger partial charge in [-0.05, 0) is 25.1 Å². The van der Waals surface area contributed by atoms with Gasteiger partial charge in [0.05, 0.1) is 12.3 Å². The third-order valence-electron chi connectivity index (χ3n) is 2.77. The number of rotatable bonds is 7. The van der Waals surface area contributed by atoms with Crippen molar-refractivity contribution in [3.05, 3.63) is 35.5 Å². The molecule has 0 aromatic carbocycles. The first-order chi connectivity index (χ1) is 9.33. The van der Waals surface area contributed by atoms with E-state index in [-0.39, 0.29) is 6.61 Å². The number of nitrogens with zero attached hydrogens (tertiary/aromatic N) is 3. The highest BCUT2D eigenvalue weighted by Gasteiger charge is 2.09. The van der Waals surface area contributed by atoms with Gasteiger partial charge in [-0.3, -0.25) is 9.88 Å². The van der Waals surface area contributed by atoms with Crippen LogP contribution in [-0.4, -0.2) is 39.7 Å². The molecule has 19 heavy (non-hydrogen) atoms. The van der Waals surface area contributed by atoms with E-state index in [0.29, 0.717) is 6.54 Å². The Morgan fingerprint density at radius 2 is 2.16 bits per heavy atom. The van der Waals surface area contributed by atoms with Crippen molar-refractivity contribution in [3.63, 3.8) is 0 Å². The van der Waals surface area contributed by atoms with Crippen LogP contribution in [0, 0.1) is 0 Å². The Hall–Kier alpha value is -1.30. The average Bonchev–Trinajstić information content (AvgIpc) is 2.89. The minimum Gasteiger partial charge on any atom is -0.395 e. The average molecular weight is 277 g/mol. The van der Waals surface area contributed by atoms with Crippen molar-refractivity contribution in [3.8, 4) is 10.7 Å². The van der Waals surface area contributed by atoms with Gasteiger partial charge >= 0.3 is 0 Å². The molecule has 0 aliphatic heterocycles. The summed E-state index contributed by atoms with van der Waals surface area (Å²) in [4.78, 5) is 12.2. The van der Waals surface area contributed by atoms with E-state index in [1.807, 2.05) is 24.4 Å². The third-order valence-corrected chi connectivity index (χ3v) is 3.78. The Morgan fingerprint density at radius 1 is 1.26 bits per heavy atom. The van der Waals surface area contributed by atoms with Crippen molar-refractivity contribution < 1.29 is 5.11 Å². The van der Waals surface area contributed by atoms with E-state index >= 15 is 0 Å². The molecule has 0 aliphatic rings. The van der Waals surface area contributed by atoms with Crippen LogP contribution < -0.4 is 0 Å². The van der Waals surface area contributed by atoms with Crippen LogP contribution >= 0.6 is 11.3 Å². The van der Waals surface area contributed by atoms with Crippen molar-refractivity contribution in [2.75, 3.05) is 19.7 Å². The van der Waals surface area contributed by atoms with Gasteiger partial charge in [0.25, 0.3) is 0 Å². The fourth-order valence-electron chi connectivity index (χ4n) is 1.94. The zero-order valence-electron chi connectivity index (χ0n) is 11.1. The monoisotopic (exact) mass is 277 g/mol. The molecule has 2 rings (SSSR count). The van der Waals surface area contributed by atoms with Gasteiger partial charge in [0.2, 0.25) is 0 Å². The van der Waals surface area contributed by atoms with Crippen LogP contribution in [0.2, 0.25) is 0 Å². The first kappa shape index (κ1) is 14.1. The Labute approximate surface area is 117 Å². The Balaban J connectivity index is 2.04. The van der Waals surface area contributed by atoms with E-state index in [4.69, 9.17) is 5.11 Å². The van der Waals surface area contributed by atoms with Crippen LogP contribution in [0.25, 0.3) is 10.7 Å². The molecule has 102 valence electrons. The van der Waals surface area contributed by atoms with Gasteiger partial charge in [-0.2, -0.15) is 0 Å². The third kappa shape index (κ3) is 4.09. The molecule has 0 fully saturated rings. The van der Waals surface area contributed by atoms with Gasteiger partial charge in [0.1, 0.15) is 5.01 Å². The number of aliphatic hydroxyl groups is 1. The lowest BCUT2D eigenvalue weighted by Crippen LogP contribution is -2.26. The highest BCUT2D eigenvalue weighted by Crippen LogP contribution is 2.24. The molecule has 5 heteroatoms. The van der Waals surface area contributed by atoms with Crippen LogP contribution in [0.3, 0.4) is 0 Å². The lowest BCUT2D eigenvalue weighted by molar-refractivity contribution is 0.191. The smallest absolute Gasteiger partial charge is 0.142 e. The number of aromatic nitrogens is 2. The highest BCUT2D eigenvalue weighted by atomic mass is 32.1. The maximum atomic E-state index is 9.06. The second-order valence-corrected chi connectivity index (χ2v) is 5.46. The summed E-state index contributed by atoms with van der Waals surface area (Å²) < 4.78 is 0. The molecule has 2 aromatic heterocycles.